The third-order valence-electron chi connectivity index (χ3n) is 5.82. The van der Waals surface area contributed by atoms with E-state index in [-0.39, 0.29) is 11.2 Å². The molecule has 0 aliphatic carbocycles. The number of unbranched alkanes of at least 4 members (excludes halogenated alkanes) is 3. The van der Waals surface area contributed by atoms with E-state index in [9.17, 15) is 14.7 Å². The maximum Gasteiger partial charge on any atom is 0.336 e. The van der Waals surface area contributed by atoms with E-state index in [4.69, 9.17) is 0 Å². The average molecular weight is 435 g/mol. The number of carboxylic acids is 1. The van der Waals surface area contributed by atoms with Gasteiger partial charge in [-0.05, 0) is 56.4 Å². The van der Waals surface area contributed by atoms with Crippen LogP contribution in [0.5, 0.6) is 0 Å². The van der Waals surface area contributed by atoms with Crippen LogP contribution in [0, 0.1) is 0 Å². The Hall–Kier alpha value is -3.08. The molecular formula is C27H34N2O3. The summed E-state index contributed by atoms with van der Waals surface area (Å²) >= 11 is 0. The Morgan fingerprint density at radius 3 is 2.31 bits per heavy atom. The lowest BCUT2D eigenvalue weighted by molar-refractivity contribution is 0.0697. The van der Waals surface area contributed by atoms with Gasteiger partial charge < -0.3 is 10.1 Å². The van der Waals surface area contributed by atoms with Crippen LogP contribution in [0.3, 0.4) is 0 Å². The van der Waals surface area contributed by atoms with Crippen molar-refractivity contribution in [3.63, 3.8) is 0 Å². The van der Waals surface area contributed by atoms with Gasteiger partial charge in [0, 0.05) is 23.3 Å². The van der Waals surface area contributed by atoms with E-state index >= 15 is 0 Å². The van der Waals surface area contributed by atoms with Crippen LogP contribution in [0.4, 0.5) is 0 Å². The standard InChI is InChI=1S/C27H34N2O3/c1-5-6-7-8-13-23-24(29(26(32)28-23)27(2,3)4)18-19-14-16-20(17-15-19)21-11-9-10-12-22(21)25(30)31/h9-12,14-17H,5-8,13,18H2,1-4H3,(H,28,32)(H,30,31). The first kappa shape index (κ1) is 23.6. The Labute approximate surface area is 190 Å². The molecular weight excluding hydrogens is 400 g/mol. The molecule has 0 amide bonds. The summed E-state index contributed by atoms with van der Waals surface area (Å²) < 4.78 is 1.88. The van der Waals surface area contributed by atoms with E-state index < -0.39 is 5.97 Å². The summed E-state index contributed by atoms with van der Waals surface area (Å²) in [7, 11) is 0. The van der Waals surface area contributed by atoms with Gasteiger partial charge in [-0.15, -0.1) is 0 Å². The van der Waals surface area contributed by atoms with Crippen LogP contribution in [0.1, 0.15) is 80.7 Å². The summed E-state index contributed by atoms with van der Waals surface area (Å²) in [6, 6.07) is 15.0. The highest BCUT2D eigenvalue weighted by Crippen LogP contribution is 2.26. The molecule has 3 rings (SSSR count). The molecule has 32 heavy (non-hydrogen) atoms. The number of aryl methyl sites for hydroxylation is 1. The second-order valence-corrected chi connectivity index (χ2v) is 9.40. The van der Waals surface area contributed by atoms with Gasteiger partial charge in [0.15, 0.2) is 0 Å². The predicted molar refractivity (Wildman–Crippen MR) is 130 cm³/mol. The second-order valence-electron chi connectivity index (χ2n) is 9.40. The Morgan fingerprint density at radius 2 is 1.69 bits per heavy atom. The van der Waals surface area contributed by atoms with Crippen molar-refractivity contribution in [2.75, 3.05) is 0 Å². The quantitative estimate of drug-likeness (QED) is 0.405. The number of hydrogen-bond donors (Lipinski definition) is 2. The van der Waals surface area contributed by atoms with Gasteiger partial charge >= 0.3 is 11.7 Å². The molecule has 1 aromatic heterocycles. The number of rotatable bonds is 9. The molecule has 5 heteroatoms. The zero-order valence-corrected chi connectivity index (χ0v) is 19.6. The highest BCUT2D eigenvalue weighted by molar-refractivity contribution is 5.95. The largest absolute Gasteiger partial charge is 0.478 e. The first-order valence-corrected chi connectivity index (χ1v) is 11.5. The van der Waals surface area contributed by atoms with Gasteiger partial charge in [0.05, 0.1) is 5.56 Å². The number of carboxylic acid groups (broad SMARTS) is 1. The monoisotopic (exact) mass is 434 g/mol. The van der Waals surface area contributed by atoms with E-state index in [1.54, 1.807) is 12.1 Å². The Balaban J connectivity index is 1.91. The molecule has 0 saturated carbocycles. The molecule has 170 valence electrons. The van der Waals surface area contributed by atoms with Crippen molar-refractivity contribution in [3.05, 3.63) is 81.5 Å². The van der Waals surface area contributed by atoms with E-state index in [1.165, 1.54) is 12.8 Å². The van der Waals surface area contributed by atoms with Gasteiger partial charge in [0.1, 0.15) is 0 Å². The van der Waals surface area contributed by atoms with Gasteiger partial charge in [-0.25, -0.2) is 9.59 Å². The topological polar surface area (TPSA) is 75.1 Å². The number of aromatic carboxylic acids is 1. The predicted octanol–water partition coefficient (Wildman–Crippen LogP) is 6.01. The molecule has 0 unspecified atom stereocenters. The van der Waals surface area contributed by atoms with Crippen LogP contribution in [0.25, 0.3) is 11.1 Å². The summed E-state index contributed by atoms with van der Waals surface area (Å²) in [5.41, 5.74) is 4.66. The van der Waals surface area contributed by atoms with Crippen molar-refractivity contribution in [1.82, 2.24) is 9.55 Å². The molecule has 0 bridgehead atoms. The van der Waals surface area contributed by atoms with Crippen molar-refractivity contribution < 1.29 is 9.90 Å². The summed E-state index contributed by atoms with van der Waals surface area (Å²) in [4.78, 5) is 27.5. The minimum absolute atomic E-state index is 0.0509. The third-order valence-corrected chi connectivity index (χ3v) is 5.82. The van der Waals surface area contributed by atoms with Crippen LogP contribution in [-0.2, 0) is 18.4 Å². The van der Waals surface area contributed by atoms with Crippen LogP contribution < -0.4 is 5.69 Å². The van der Waals surface area contributed by atoms with Gasteiger partial charge in [0.2, 0.25) is 0 Å². The lowest BCUT2D eigenvalue weighted by Gasteiger charge is -2.23. The van der Waals surface area contributed by atoms with E-state index in [0.717, 1.165) is 41.8 Å². The maximum atomic E-state index is 12.8. The zero-order valence-electron chi connectivity index (χ0n) is 19.6. The molecule has 2 aromatic carbocycles. The van der Waals surface area contributed by atoms with Gasteiger partial charge in [-0.1, -0.05) is 68.7 Å². The number of benzene rings is 2. The second kappa shape index (κ2) is 10.0. The van der Waals surface area contributed by atoms with Gasteiger partial charge in [-0.3, -0.25) is 4.57 Å². The number of imidazole rings is 1. The number of carbonyl (C=O) groups is 1. The van der Waals surface area contributed by atoms with Crippen LogP contribution in [-0.4, -0.2) is 20.6 Å². The molecule has 0 fully saturated rings. The molecule has 0 aliphatic rings. The van der Waals surface area contributed by atoms with E-state index in [0.29, 0.717) is 17.5 Å². The molecule has 1 heterocycles. The molecule has 0 radical (unpaired) electrons. The number of aromatic nitrogens is 2. The molecule has 3 aromatic rings. The normalized spacial score (nSPS) is 11.6. The summed E-state index contributed by atoms with van der Waals surface area (Å²) in [5.74, 6) is -0.932. The fraction of sp³-hybridized carbons (Fsp3) is 0.407. The Bertz CT molecular complexity index is 1120. The smallest absolute Gasteiger partial charge is 0.336 e. The van der Waals surface area contributed by atoms with Crippen molar-refractivity contribution in [2.45, 2.75) is 71.8 Å². The fourth-order valence-corrected chi connectivity index (χ4v) is 4.26. The SMILES string of the molecule is CCCCCCc1[nH]c(=O)n(C(C)(C)C)c1Cc1ccc(-c2ccccc2C(=O)O)cc1. The average Bonchev–Trinajstić information content (AvgIpc) is 3.06. The van der Waals surface area contributed by atoms with Gasteiger partial charge in [0.25, 0.3) is 0 Å². The van der Waals surface area contributed by atoms with Crippen LogP contribution >= 0.6 is 0 Å². The summed E-state index contributed by atoms with van der Waals surface area (Å²) in [6.07, 6.45) is 6.15. The lowest BCUT2D eigenvalue weighted by atomic mass is 9.97. The van der Waals surface area contributed by atoms with Crippen LogP contribution in [0.2, 0.25) is 0 Å². The summed E-state index contributed by atoms with van der Waals surface area (Å²) in [6.45, 7) is 8.36. The first-order valence-electron chi connectivity index (χ1n) is 11.5. The minimum Gasteiger partial charge on any atom is -0.478 e. The zero-order chi connectivity index (χ0) is 23.3. The van der Waals surface area contributed by atoms with Crippen molar-refractivity contribution in [3.8, 4) is 11.1 Å². The number of nitrogens with zero attached hydrogens (tertiary/aromatic N) is 1. The first-order chi connectivity index (χ1) is 15.2. The third kappa shape index (κ3) is 5.39. The molecule has 0 aliphatic heterocycles. The number of H-pyrrole nitrogens is 1. The molecule has 0 atom stereocenters. The van der Waals surface area contributed by atoms with E-state index in [2.05, 4.69) is 32.7 Å². The maximum absolute atomic E-state index is 12.8. The molecule has 0 spiro atoms. The number of aromatic amines is 1. The Kier molecular flexibility index (Phi) is 7.39. The van der Waals surface area contributed by atoms with Crippen LogP contribution in [0.15, 0.2) is 53.3 Å². The fourth-order valence-electron chi connectivity index (χ4n) is 4.26. The highest BCUT2D eigenvalue weighted by atomic mass is 16.4. The van der Waals surface area contributed by atoms with Gasteiger partial charge in [-0.2, -0.15) is 0 Å². The number of hydrogen-bond acceptors (Lipinski definition) is 2. The minimum atomic E-state index is -0.932. The van der Waals surface area contributed by atoms with Crippen molar-refractivity contribution in [2.24, 2.45) is 0 Å². The Morgan fingerprint density at radius 1 is 1.00 bits per heavy atom. The summed E-state index contributed by atoms with van der Waals surface area (Å²) in [5, 5.41) is 9.48. The molecule has 5 nitrogen and oxygen atoms in total. The van der Waals surface area contributed by atoms with Crippen molar-refractivity contribution >= 4 is 5.97 Å². The molecule has 0 saturated heterocycles. The van der Waals surface area contributed by atoms with E-state index in [1.807, 2.05) is 41.0 Å². The lowest BCUT2D eigenvalue weighted by Crippen LogP contribution is -2.33. The highest BCUT2D eigenvalue weighted by Gasteiger charge is 2.23. The molecule has 2 N–H and O–H groups in total. The van der Waals surface area contributed by atoms with Crippen molar-refractivity contribution in [1.29, 1.82) is 0 Å². The number of nitrogens with one attached hydrogen (secondary N) is 1.